The third-order valence-corrected chi connectivity index (χ3v) is 5.73. The van der Waals surface area contributed by atoms with Crippen LogP contribution in [0.4, 0.5) is 0 Å². The summed E-state index contributed by atoms with van der Waals surface area (Å²) in [6.45, 7) is 4.77. The van der Waals surface area contributed by atoms with E-state index in [2.05, 4.69) is 11.6 Å². The van der Waals surface area contributed by atoms with Gasteiger partial charge in [0.15, 0.2) is 5.37 Å². The first-order chi connectivity index (χ1) is 8.16. The summed E-state index contributed by atoms with van der Waals surface area (Å²) in [6.07, 6.45) is 6.15. The van der Waals surface area contributed by atoms with Crippen LogP contribution < -0.4 is 0 Å². The molecule has 94 valence electrons. The number of sulfonamides is 1. The summed E-state index contributed by atoms with van der Waals surface area (Å²) in [7, 11) is -3.37. The highest BCUT2D eigenvalue weighted by Gasteiger charge is 2.31. The van der Waals surface area contributed by atoms with Gasteiger partial charge in [-0.1, -0.05) is 12.7 Å². The number of nitrogens with zero attached hydrogens (tertiary/aromatic N) is 3. The molecule has 0 spiro atoms. The summed E-state index contributed by atoms with van der Waals surface area (Å²) in [5.41, 5.74) is 0. The minimum atomic E-state index is -3.37. The van der Waals surface area contributed by atoms with Crippen molar-refractivity contribution in [1.29, 1.82) is 0 Å². The molecule has 1 fully saturated rings. The molecule has 0 radical (unpaired) electrons. The Morgan fingerprint density at radius 3 is 2.65 bits per heavy atom. The Morgan fingerprint density at radius 2 is 2.12 bits per heavy atom. The van der Waals surface area contributed by atoms with E-state index in [1.807, 2.05) is 0 Å². The first-order valence-corrected chi connectivity index (χ1v) is 7.99. The predicted octanol–water partition coefficient (Wildman–Crippen LogP) is 0.946. The molecule has 17 heavy (non-hydrogen) atoms. The fourth-order valence-electron chi connectivity index (χ4n) is 1.77. The van der Waals surface area contributed by atoms with Gasteiger partial charge in [0, 0.05) is 37.0 Å². The van der Waals surface area contributed by atoms with E-state index in [1.54, 1.807) is 28.7 Å². The monoisotopic (exact) mass is 273 g/mol. The smallest absolute Gasteiger partial charge is 0.239 e. The van der Waals surface area contributed by atoms with Crippen molar-refractivity contribution in [1.82, 2.24) is 13.9 Å². The Labute approximate surface area is 106 Å². The molecule has 2 rings (SSSR count). The van der Waals surface area contributed by atoms with Gasteiger partial charge in [0.2, 0.25) is 10.0 Å². The lowest BCUT2D eigenvalue weighted by atomic mass is 10.6. The van der Waals surface area contributed by atoms with Gasteiger partial charge in [0.25, 0.3) is 0 Å². The lowest BCUT2D eigenvalue weighted by molar-refractivity contribution is 0.429. The molecule has 0 N–H and O–H groups in total. The van der Waals surface area contributed by atoms with Crippen molar-refractivity contribution in [3.8, 4) is 0 Å². The number of thioether (sulfide) groups is 1. The Balaban J connectivity index is 2.26. The molecule has 0 bridgehead atoms. The van der Waals surface area contributed by atoms with Gasteiger partial charge < -0.3 is 4.57 Å². The Bertz CT molecular complexity index is 464. The highest BCUT2D eigenvalue weighted by Crippen LogP contribution is 2.23. The zero-order valence-electron chi connectivity index (χ0n) is 9.40. The van der Waals surface area contributed by atoms with E-state index in [0.29, 0.717) is 13.1 Å². The number of imidazole rings is 1. The summed E-state index contributed by atoms with van der Waals surface area (Å²) < 4.78 is 27.9. The van der Waals surface area contributed by atoms with Crippen LogP contribution in [0.2, 0.25) is 0 Å². The second-order valence-electron chi connectivity index (χ2n) is 3.69. The third kappa shape index (κ3) is 2.56. The van der Waals surface area contributed by atoms with Crippen molar-refractivity contribution in [3.05, 3.63) is 31.4 Å². The summed E-state index contributed by atoms with van der Waals surface area (Å²) in [4.78, 5) is 3.88. The second kappa shape index (κ2) is 5.24. The lowest BCUT2D eigenvalue weighted by Crippen LogP contribution is -2.41. The molecule has 0 aliphatic carbocycles. The van der Waals surface area contributed by atoms with E-state index in [0.717, 1.165) is 11.5 Å². The van der Waals surface area contributed by atoms with Crippen molar-refractivity contribution >= 4 is 21.8 Å². The summed E-state index contributed by atoms with van der Waals surface area (Å²) in [5.74, 6) is 1.71. The van der Waals surface area contributed by atoms with Gasteiger partial charge in [-0.2, -0.15) is 16.1 Å². The Morgan fingerprint density at radius 1 is 1.41 bits per heavy atom. The maximum atomic E-state index is 12.4. The minimum absolute atomic E-state index is 0.575. The summed E-state index contributed by atoms with van der Waals surface area (Å²) >= 11 is 1.78. The molecule has 1 aromatic heterocycles. The van der Waals surface area contributed by atoms with Crippen molar-refractivity contribution in [2.75, 3.05) is 24.6 Å². The van der Waals surface area contributed by atoms with E-state index in [1.165, 1.54) is 16.7 Å². The third-order valence-electron chi connectivity index (χ3n) is 2.66. The Kier molecular flexibility index (Phi) is 3.90. The van der Waals surface area contributed by atoms with Crippen LogP contribution in [-0.2, 0) is 10.0 Å². The van der Waals surface area contributed by atoms with E-state index < -0.39 is 15.4 Å². The molecule has 7 heteroatoms. The van der Waals surface area contributed by atoms with Crippen LogP contribution in [0.25, 0.3) is 0 Å². The van der Waals surface area contributed by atoms with Gasteiger partial charge in [0.05, 0.1) is 6.33 Å². The maximum Gasteiger partial charge on any atom is 0.239 e. The standard InChI is InChI=1S/C10H15N3O2S2/c1-2-10(12-4-3-11-9-12)17(14,15)13-5-7-16-8-6-13/h2-4,9-10H,1,5-8H2. The van der Waals surface area contributed by atoms with Crippen LogP contribution in [0, 0.1) is 0 Å². The zero-order chi connectivity index (χ0) is 12.3. The molecular formula is C10H15N3O2S2. The van der Waals surface area contributed by atoms with Crippen molar-refractivity contribution < 1.29 is 8.42 Å². The molecule has 1 aliphatic heterocycles. The quantitative estimate of drug-likeness (QED) is 0.766. The van der Waals surface area contributed by atoms with Crippen LogP contribution in [0.15, 0.2) is 31.4 Å². The minimum Gasteiger partial charge on any atom is -0.315 e. The lowest BCUT2D eigenvalue weighted by Gasteiger charge is -2.29. The molecule has 1 aromatic rings. The van der Waals surface area contributed by atoms with Gasteiger partial charge in [-0.05, 0) is 0 Å². The molecule has 5 nitrogen and oxygen atoms in total. The van der Waals surface area contributed by atoms with Gasteiger partial charge in [-0.3, -0.25) is 0 Å². The highest BCUT2D eigenvalue weighted by molar-refractivity contribution is 7.99. The first kappa shape index (κ1) is 12.7. The predicted molar refractivity (Wildman–Crippen MR) is 69.3 cm³/mol. The molecule has 1 atom stereocenters. The summed E-state index contributed by atoms with van der Waals surface area (Å²) in [5, 5.41) is -0.756. The van der Waals surface area contributed by atoms with E-state index in [4.69, 9.17) is 0 Å². The fourth-order valence-corrected chi connectivity index (χ4v) is 4.58. The second-order valence-corrected chi connectivity index (χ2v) is 6.95. The van der Waals surface area contributed by atoms with Crippen LogP contribution in [0.3, 0.4) is 0 Å². The number of hydrogen-bond acceptors (Lipinski definition) is 4. The average Bonchev–Trinajstić information content (AvgIpc) is 2.84. The molecule has 2 heterocycles. The SMILES string of the molecule is C=CC(n1ccnc1)S(=O)(=O)N1CCSCC1. The average molecular weight is 273 g/mol. The molecule has 0 aromatic carbocycles. The van der Waals surface area contributed by atoms with Crippen molar-refractivity contribution in [3.63, 3.8) is 0 Å². The molecule has 1 aliphatic rings. The van der Waals surface area contributed by atoms with Gasteiger partial charge in [-0.15, -0.1) is 0 Å². The van der Waals surface area contributed by atoms with Crippen LogP contribution in [-0.4, -0.2) is 46.9 Å². The van der Waals surface area contributed by atoms with Crippen molar-refractivity contribution in [2.24, 2.45) is 0 Å². The molecular weight excluding hydrogens is 258 g/mol. The number of rotatable bonds is 4. The van der Waals surface area contributed by atoms with Crippen LogP contribution in [0.5, 0.6) is 0 Å². The zero-order valence-corrected chi connectivity index (χ0v) is 11.0. The topological polar surface area (TPSA) is 55.2 Å². The molecule has 0 amide bonds. The Hall–Kier alpha value is -0.790. The van der Waals surface area contributed by atoms with E-state index >= 15 is 0 Å². The largest absolute Gasteiger partial charge is 0.315 e. The number of aromatic nitrogens is 2. The van der Waals surface area contributed by atoms with Gasteiger partial charge in [0.1, 0.15) is 0 Å². The highest BCUT2D eigenvalue weighted by atomic mass is 32.2. The summed E-state index contributed by atoms with van der Waals surface area (Å²) in [6, 6.07) is 0. The van der Waals surface area contributed by atoms with Crippen LogP contribution in [0.1, 0.15) is 5.37 Å². The van der Waals surface area contributed by atoms with Crippen LogP contribution >= 0.6 is 11.8 Å². The van der Waals surface area contributed by atoms with Gasteiger partial charge in [-0.25, -0.2) is 13.4 Å². The van der Waals surface area contributed by atoms with E-state index in [-0.39, 0.29) is 0 Å². The maximum absolute atomic E-state index is 12.4. The van der Waals surface area contributed by atoms with Crippen molar-refractivity contribution in [2.45, 2.75) is 5.37 Å². The fraction of sp³-hybridized carbons (Fsp3) is 0.500. The van der Waals surface area contributed by atoms with E-state index in [9.17, 15) is 8.42 Å². The number of hydrogen-bond donors (Lipinski definition) is 0. The molecule has 0 saturated carbocycles. The molecule has 1 unspecified atom stereocenters. The van der Waals surface area contributed by atoms with Gasteiger partial charge >= 0.3 is 0 Å². The molecule has 1 saturated heterocycles. The normalized spacial score (nSPS) is 20.0. The first-order valence-electron chi connectivity index (χ1n) is 5.33.